The van der Waals surface area contributed by atoms with E-state index < -0.39 is 0 Å². The highest BCUT2D eigenvalue weighted by Gasteiger charge is 2.16. The number of benzene rings is 1. The molecule has 0 bridgehead atoms. The molecule has 0 aliphatic heterocycles. The molecule has 0 unspecified atom stereocenters. The number of carbonyl (C=O) groups is 1. The van der Waals surface area contributed by atoms with Crippen molar-refractivity contribution in [3.05, 3.63) is 22.7 Å². The standard InChI is InChI=1S/C16H25ClN2O2/c1-10(2)5-12(9-18)7-16(20)19-14-6-11(3)13(17)8-15(14)21-4/h6,8,10,12H,5,7,9,18H2,1-4H3,(H,19,20)/t12-/m0/s1. The molecule has 4 nitrogen and oxygen atoms in total. The van der Waals surface area contributed by atoms with Crippen LogP contribution in [0.3, 0.4) is 0 Å². The van der Waals surface area contributed by atoms with E-state index in [1.807, 2.05) is 13.0 Å². The molecular formula is C16H25ClN2O2. The summed E-state index contributed by atoms with van der Waals surface area (Å²) in [5.41, 5.74) is 7.28. The molecule has 1 amide bonds. The van der Waals surface area contributed by atoms with Crippen LogP contribution in [0.1, 0.15) is 32.3 Å². The van der Waals surface area contributed by atoms with E-state index in [1.165, 1.54) is 0 Å². The number of ether oxygens (including phenoxy) is 1. The van der Waals surface area contributed by atoms with Crippen LogP contribution in [0.5, 0.6) is 5.75 Å². The lowest BCUT2D eigenvalue weighted by atomic mass is 9.94. The van der Waals surface area contributed by atoms with Crippen LogP contribution in [0, 0.1) is 18.8 Å². The Hall–Kier alpha value is -1.26. The topological polar surface area (TPSA) is 64.3 Å². The van der Waals surface area contributed by atoms with Gasteiger partial charge < -0.3 is 15.8 Å². The van der Waals surface area contributed by atoms with Crippen LogP contribution in [0.4, 0.5) is 5.69 Å². The maximum atomic E-state index is 12.2. The molecule has 0 aliphatic rings. The Morgan fingerprint density at radius 1 is 1.43 bits per heavy atom. The average Bonchev–Trinajstić information content (AvgIpc) is 2.41. The Labute approximate surface area is 132 Å². The summed E-state index contributed by atoms with van der Waals surface area (Å²) >= 11 is 6.06. The lowest BCUT2D eigenvalue weighted by Crippen LogP contribution is -2.23. The van der Waals surface area contributed by atoms with Gasteiger partial charge in [0.1, 0.15) is 5.75 Å². The third kappa shape index (κ3) is 5.56. The molecule has 0 saturated carbocycles. The van der Waals surface area contributed by atoms with Gasteiger partial charge in [-0.3, -0.25) is 4.79 Å². The van der Waals surface area contributed by atoms with Gasteiger partial charge >= 0.3 is 0 Å². The summed E-state index contributed by atoms with van der Waals surface area (Å²) in [5, 5.41) is 3.50. The average molecular weight is 313 g/mol. The zero-order valence-electron chi connectivity index (χ0n) is 13.2. The second-order valence-electron chi connectivity index (χ2n) is 5.79. The SMILES string of the molecule is COc1cc(Cl)c(C)cc1NC(=O)C[C@@H](CN)CC(C)C. The molecule has 0 aliphatic carbocycles. The van der Waals surface area contributed by atoms with Gasteiger partial charge in [0.25, 0.3) is 0 Å². The van der Waals surface area contributed by atoms with Crippen LogP contribution in [0.2, 0.25) is 5.02 Å². The number of hydrogen-bond donors (Lipinski definition) is 2. The number of rotatable bonds is 7. The van der Waals surface area contributed by atoms with Gasteiger partial charge in [0.05, 0.1) is 12.8 Å². The third-order valence-corrected chi connectivity index (χ3v) is 3.77. The summed E-state index contributed by atoms with van der Waals surface area (Å²) in [4.78, 5) is 12.2. The maximum absolute atomic E-state index is 12.2. The van der Waals surface area contributed by atoms with Crippen molar-refractivity contribution in [3.8, 4) is 5.75 Å². The first-order valence-corrected chi connectivity index (χ1v) is 7.59. The summed E-state index contributed by atoms with van der Waals surface area (Å²) in [6.45, 7) is 6.67. The third-order valence-electron chi connectivity index (χ3n) is 3.37. The Kier molecular flexibility index (Phi) is 6.99. The Morgan fingerprint density at radius 3 is 2.62 bits per heavy atom. The molecule has 0 fully saturated rings. The van der Waals surface area contributed by atoms with Gasteiger partial charge in [-0.05, 0) is 43.4 Å². The Balaban J connectivity index is 2.76. The monoisotopic (exact) mass is 312 g/mol. The van der Waals surface area contributed by atoms with Gasteiger partial charge in [-0.2, -0.15) is 0 Å². The molecule has 1 aromatic rings. The summed E-state index contributed by atoms with van der Waals surface area (Å²) in [6.07, 6.45) is 1.36. The minimum absolute atomic E-state index is 0.0499. The largest absolute Gasteiger partial charge is 0.495 e. The predicted octanol–water partition coefficient (Wildman–Crippen LogP) is 3.61. The minimum Gasteiger partial charge on any atom is -0.495 e. The van der Waals surface area contributed by atoms with Crippen molar-refractivity contribution in [1.82, 2.24) is 0 Å². The van der Waals surface area contributed by atoms with Crippen molar-refractivity contribution in [2.75, 3.05) is 19.0 Å². The normalized spacial score (nSPS) is 12.3. The number of halogens is 1. The molecule has 0 aromatic heterocycles. The molecule has 0 spiro atoms. The first-order valence-electron chi connectivity index (χ1n) is 7.21. The first kappa shape index (κ1) is 17.8. The summed E-state index contributed by atoms with van der Waals surface area (Å²) in [6, 6.07) is 3.53. The minimum atomic E-state index is -0.0499. The van der Waals surface area contributed by atoms with E-state index in [9.17, 15) is 4.79 Å². The quantitative estimate of drug-likeness (QED) is 0.808. The molecule has 3 N–H and O–H groups in total. The molecule has 1 aromatic carbocycles. The van der Waals surface area contributed by atoms with Crippen LogP contribution >= 0.6 is 11.6 Å². The van der Waals surface area contributed by atoms with Gasteiger partial charge in [0.2, 0.25) is 5.91 Å². The molecule has 0 radical (unpaired) electrons. The lowest BCUT2D eigenvalue weighted by molar-refractivity contribution is -0.117. The molecule has 1 atom stereocenters. The second kappa shape index (κ2) is 8.25. The van der Waals surface area contributed by atoms with Crippen LogP contribution in [-0.4, -0.2) is 19.6 Å². The highest BCUT2D eigenvalue weighted by molar-refractivity contribution is 6.31. The zero-order chi connectivity index (χ0) is 16.0. The number of methoxy groups -OCH3 is 1. The fraction of sp³-hybridized carbons (Fsp3) is 0.562. The number of anilines is 1. The highest BCUT2D eigenvalue weighted by Crippen LogP contribution is 2.31. The van der Waals surface area contributed by atoms with E-state index >= 15 is 0 Å². The molecule has 5 heteroatoms. The van der Waals surface area contributed by atoms with Crippen molar-refractivity contribution in [1.29, 1.82) is 0 Å². The molecule has 1 rings (SSSR count). The number of carbonyl (C=O) groups excluding carboxylic acids is 1. The second-order valence-corrected chi connectivity index (χ2v) is 6.19. The number of hydrogen-bond acceptors (Lipinski definition) is 3. The van der Waals surface area contributed by atoms with Crippen LogP contribution < -0.4 is 15.8 Å². The Morgan fingerprint density at radius 2 is 2.10 bits per heavy atom. The fourth-order valence-corrected chi connectivity index (χ4v) is 2.48. The smallest absolute Gasteiger partial charge is 0.224 e. The van der Waals surface area contributed by atoms with E-state index in [2.05, 4.69) is 19.2 Å². The number of amides is 1. The number of aryl methyl sites for hydroxylation is 1. The fourth-order valence-electron chi connectivity index (χ4n) is 2.32. The molecule has 21 heavy (non-hydrogen) atoms. The van der Waals surface area contributed by atoms with E-state index in [-0.39, 0.29) is 11.8 Å². The molecule has 0 saturated heterocycles. The van der Waals surface area contributed by atoms with Crippen LogP contribution in [-0.2, 0) is 4.79 Å². The summed E-state index contributed by atoms with van der Waals surface area (Å²) < 4.78 is 5.25. The van der Waals surface area contributed by atoms with E-state index in [0.717, 1.165) is 12.0 Å². The van der Waals surface area contributed by atoms with Crippen molar-refractivity contribution in [3.63, 3.8) is 0 Å². The maximum Gasteiger partial charge on any atom is 0.224 e. The predicted molar refractivity (Wildman–Crippen MR) is 88.0 cm³/mol. The number of nitrogens with one attached hydrogen (secondary N) is 1. The molecule has 118 valence electrons. The zero-order valence-corrected chi connectivity index (χ0v) is 14.0. The summed E-state index contributed by atoms with van der Waals surface area (Å²) in [7, 11) is 1.55. The molecule has 0 heterocycles. The van der Waals surface area contributed by atoms with Gasteiger partial charge in [-0.15, -0.1) is 0 Å². The van der Waals surface area contributed by atoms with Gasteiger partial charge in [0.15, 0.2) is 0 Å². The highest BCUT2D eigenvalue weighted by atomic mass is 35.5. The van der Waals surface area contributed by atoms with Crippen molar-refractivity contribution < 1.29 is 9.53 Å². The first-order chi connectivity index (χ1) is 9.87. The van der Waals surface area contributed by atoms with E-state index in [0.29, 0.717) is 35.3 Å². The summed E-state index contributed by atoms with van der Waals surface area (Å²) in [5.74, 6) is 1.24. The van der Waals surface area contributed by atoms with Crippen LogP contribution in [0.15, 0.2) is 12.1 Å². The van der Waals surface area contributed by atoms with E-state index in [4.69, 9.17) is 22.1 Å². The van der Waals surface area contributed by atoms with Crippen molar-refractivity contribution in [2.24, 2.45) is 17.6 Å². The molecular weight excluding hydrogens is 288 g/mol. The Bertz CT molecular complexity index is 489. The number of nitrogens with two attached hydrogens (primary N) is 1. The van der Waals surface area contributed by atoms with Crippen molar-refractivity contribution >= 4 is 23.2 Å². The van der Waals surface area contributed by atoms with Gasteiger partial charge in [-0.25, -0.2) is 0 Å². The van der Waals surface area contributed by atoms with Gasteiger partial charge in [0, 0.05) is 17.5 Å². The van der Waals surface area contributed by atoms with Crippen molar-refractivity contribution in [2.45, 2.75) is 33.6 Å². The van der Waals surface area contributed by atoms with Crippen LogP contribution in [0.25, 0.3) is 0 Å². The van der Waals surface area contributed by atoms with Gasteiger partial charge in [-0.1, -0.05) is 25.4 Å². The van der Waals surface area contributed by atoms with E-state index in [1.54, 1.807) is 13.2 Å². The lowest BCUT2D eigenvalue weighted by Gasteiger charge is -2.17.